The van der Waals surface area contributed by atoms with Gasteiger partial charge < -0.3 is 21.1 Å². The topological polar surface area (TPSA) is 99.4 Å². The summed E-state index contributed by atoms with van der Waals surface area (Å²) in [6, 6.07) is 17.7. The van der Waals surface area contributed by atoms with E-state index < -0.39 is 0 Å². The predicted octanol–water partition coefficient (Wildman–Crippen LogP) is 3.95. The van der Waals surface area contributed by atoms with Gasteiger partial charge in [0, 0.05) is 26.2 Å². The summed E-state index contributed by atoms with van der Waals surface area (Å²) >= 11 is 0. The predicted molar refractivity (Wildman–Crippen MR) is 140 cm³/mol. The molecule has 2 heterocycles. The van der Waals surface area contributed by atoms with E-state index in [0.29, 0.717) is 24.0 Å². The molecule has 4 N–H and O–H groups in total. The molecule has 2 aliphatic rings. The zero-order valence-electron chi connectivity index (χ0n) is 20.6. The zero-order valence-corrected chi connectivity index (χ0v) is 20.6. The minimum atomic E-state index is -0.142. The molecule has 184 valence electrons. The van der Waals surface area contributed by atoms with Crippen molar-refractivity contribution < 1.29 is 4.74 Å². The van der Waals surface area contributed by atoms with Crippen LogP contribution in [0.4, 0.5) is 11.8 Å². The summed E-state index contributed by atoms with van der Waals surface area (Å²) in [5, 5.41) is 0. The first-order valence-electron chi connectivity index (χ1n) is 12.5. The van der Waals surface area contributed by atoms with Gasteiger partial charge in [0.1, 0.15) is 18.2 Å². The molecule has 1 spiro atoms. The van der Waals surface area contributed by atoms with Crippen molar-refractivity contribution >= 4 is 11.8 Å². The number of nitrogens with two attached hydrogens (primary N) is 2. The van der Waals surface area contributed by atoms with E-state index in [0.717, 1.165) is 42.8 Å². The van der Waals surface area contributed by atoms with E-state index in [9.17, 15) is 4.79 Å². The van der Waals surface area contributed by atoms with Crippen LogP contribution in [-0.2, 0) is 13.7 Å². The molecule has 2 atom stereocenters. The molecule has 1 aromatic heterocycles. The van der Waals surface area contributed by atoms with Crippen molar-refractivity contribution in [2.24, 2.45) is 24.1 Å². The molecular formula is C28H35N5O2. The number of anilines is 2. The number of piperidine rings is 1. The second-order valence-electron chi connectivity index (χ2n) is 10.2. The Morgan fingerprint density at radius 1 is 1.06 bits per heavy atom. The number of hydrogen-bond acceptors (Lipinski definition) is 6. The number of ether oxygens (including phenoxy) is 1. The lowest BCUT2D eigenvalue weighted by Crippen LogP contribution is -2.49. The van der Waals surface area contributed by atoms with Crippen molar-refractivity contribution in [3.63, 3.8) is 0 Å². The molecule has 1 saturated heterocycles. The van der Waals surface area contributed by atoms with Crippen LogP contribution < -0.4 is 26.7 Å². The standard InChI is InChI=1S/C28H35N5O2/c1-19-12-13-28(24(19)29)14-16-33(17-15-28)27-31-25(30)23(26(34)32(27)2)21-8-10-22(11-9-21)35-18-20-6-4-3-5-7-20/h3-11,19,24H,12-18,29-30H2,1-2H3/t19-,24-/m1/s1. The molecule has 0 amide bonds. The third-order valence-electron chi connectivity index (χ3n) is 8.15. The maximum atomic E-state index is 13.4. The largest absolute Gasteiger partial charge is 0.489 e. The maximum absolute atomic E-state index is 13.4. The van der Waals surface area contributed by atoms with Gasteiger partial charge >= 0.3 is 0 Å². The number of hydrogen-bond donors (Lipinski definition) is 2. The third kappa shape index (κ3) is 4.41. The fourth-order valence-corrected chi connectivity index (χ4v) is 5.82. The summed E-state index contributed by atoms with van der Waals surface area (Å²) in [6.07, 6.45) is 4.46. The first kappa shape index (κ1) is 23.4. The van der Waals surface area contributed by atoms with Crippen LogP contribution in [0.3, 0.4) is 0 Å². The van der Waals surface area contributed by atoms with E-state index in [-0.39, 0.29) is 22.8 Å². The molecule has 0 bridgehead atoms. The number of nitrogen functional groups attached to an aromatic ring is 1. The fraction of sp³-hybridized carbons (Fsp3) is 0.429. The van der Waals surface area contributed by atoms with Gasteiger partial charge in [0.05, 0.1) is 5.56 Å². The monoisotopic (exact) mass is 473 g/mol. The van der Waals surface area contributed by atoms with Gasteiger partial charge in [-0.15, -0.1) is 0 Å². The molecule has 1 aliphatic carbocycles. The molecular weight excluding hydrogens is 438 g/mol. The van der Waals surface area contributed by atoms with Gasteiger partial charge in [-0.2, -0.15) is 4.98 Å². The second-order valence-corrected chi connectivity index (χ2v) is 10.2. The highest BCUT2D eigenvalue weighted by atomic mass is 16.5. The van der Waals surface area contributed by atoms with Crippen LogP contribution in [0.1, 0.15) is 38.2 Å². The van der Waals surface area contributed by atoms with Gasteiger partial charge in [-0.05, 0) is 60.3 Å². The fourth-order valence-electron chi connectivity index (χ4n) is 5.82. The van der Waals surface area contributed by atoms with E-state index in [1.54, 1.807) is 11.6 Å². The SMILES string of the molecule is C[C@@H]1CCC2(CCN(c3nc(N)c(-c4ccc(OCc5ccccc5)cc4)c(=O)n3C)CC2)[C@@H]1N. The Hall–Kier alpha value is -3.32. The molecule has 7 heteroatoms. The van der Waals surface area contributed by atoms with Gasteiger partial charge in [0.15, 0.2) is 0 Å². The van der Waals surface area contributed by atoms with Gasteiger partial charge in [0.2, 0.25) is 5.95 Å². The van der Waals surface area contributed by atoms with E-state index in [4.69, 9.17) is 16.2 Å². The first-order chi connectivity index (χ1) is 16.9. The lowest BCUT2D eigenvalue weighted by atomic mass is 9.73. The van der Waals surface area contributed by atoms with Crippen LogP contribution in [-0.4, -0.2) is 28.7 Å². The molecule has 1 saturated carbocycles. The van der Waals surface area contributed by atoms with Gasteiger partial charge in [0.25, 0.3) is 5.56 Å². The van der Waals surface area contributed by atoms with Crippen molar-refractivity contribution in [3.05, 3.63) is 70.5 Å². The molecule has 2 fully saturated rings. The van der Waals surface area contributed by atoms with Crippen LogP contribution in [0, 0.1) is 11.3 Å². The van der Waals surface area contributed by atoms with E-state index in [1.807, 2.05) is 54.6 Å². The highest BCUT2D eigenvalue weighted by Gasteiger charge is 2.46. The summed E-state index contributed by atoms with van der Waals surface area (Å²) in [5.74, 6) is 2.20. The maximum Gasteiger partial charge on any atom is 0.264 e. The Morgan fingerprint density at radius 2 is 1.74 bits per heavy atom. The lowest BCUT2D eigenvalue weighted by Gasteiger charge is -2.43. The van der Waals surface area contributed by atoms with Crippen LogP contribution >= 0.6 is 0 Å². The Balaban J connectivity index is 1.32. The van der Waals surface area contributed by atoms with E-state index >= 15 is 0 Å². The number of aromatic nitrogens is 2. The van der Waals surface area contributed by atoms with Crippen LogP contribution in [0.25, 0.3) is 11.1 Å². The van der Waals surface area contributed by atoms with Gasteiger partial charge in [-0.3, -0.25) is 9.36 Å². The normalized spacial score (nSPS) is 21.4. The van der Waals surface area contributed by atoms with Gasteiger partial charge in [-0.25, -0.2) is 0 Å². The smallest absolute Gasteiger partial charge is 0.264 e. The molecule has 3 aromatic rings. The molecule has 5 rings (SSSR count). The van der Waals surface area contributed by atoms with E-state index in [2.05, 4.69) is 16.8 Å². The van der Waals surface area contributed by atoms with Crippen LogP contribution in [0.2, 0.25) is 0 Å². The van der Waals surface area contributed by atoms with Crippen molar-refractivity contribution in [1.82, 2.24) is 9.55 Å². The summed E-state index contributed by atoms with van der Waals surface area (Å²) in [4.78, 5) is 20.2. The lowest BCUT2D eigenvalue weighted by molar-refractivity contribution is 0.185. The quantitative estimate of drug-likeness (QED) is 0.582. The second kappa shape index (κ2) is 9.38. The third-order valence-corrected chi connectivity index (χ3v) is 8.15. The Kier molecular flexibility index (Phi) is 6.28. The summed E-state index contributed by atoms with van der Waals surface area (Å²) in [7, 11) is 1.78. The van der Waals surface area contributed by atoms with Crippen molar-refractivity contribution in [2.75, 3.05) is 23.7 Å². The van der Waals surface area contributed by atoms with Crippen molar-refractivity contribution in [1.29, 1.82) is 0 Å². The molecule has 35 heavy (non-hydrogen) atoms. The van der Waals surface area contributed by atoms with Gasteiger partial charge in [-0.1, -0.05) is 49.4 Å². The van der Waals surface area contributed by atoms with Crippen molar-refractivity contribution in [3.8, 4) is 16.9 Å². The van der Waals surface area contributed by atoms with Crippen molar-refractivity contribution in [2.45, 2.75) is 45.3 Å². The Morgan fingerprint density at radius 3 is 2.37 bits per heavy atom. The minimum absolute atomic E-state index is 0.142. The number of rotatable bonds is 5. The molecule has 0 radical (unpaired) electrons. The molecule has 7 nitrogen and oxygen atoms in total. The average molecular weight is 474 g/mol. The summed E-state index contributed by atoms with van der Waals surface area (Å²) < 4.78 is 7.50. The van der Waals surface area contributed by atoms with E-state index in [1.165, 1.54) is 12.8 Å². The highest BCUT2D eigenvalue weighted by molar-refractivity contribution is 5.74. The summed E-state index contributed by atoms with van der Waals surface area (Å²) in [5.41, 5.74) is 15.3. The number of benzene rings is 2. The van der Waals surface area contributed by atoms with Crippen LogP contribution in [0.15, 0.2) is 59.4 Å². The van der Waals surface area contributed by atoms with Crippen LogP contribution in [0.5, 0.6) is 5.75 Å². The molecule has 1 aliphatic heterocycles. The summed E-state index contributed by atoms with van der Waals surface area (Å²) in [6.45, 7) is 4.43. The first-order valence-corrected chi connectivity index (χ1v) is 12.5. The number of nitrogens with zero attached hydrogens (tertiary/aromatic N) is 3. The minimum Gasteiger partial charge on any atom is -0.489 e. The molecule has 2 aromatic carbocycles. The highest BCUT2D eigenvalue weighted by Crippen LogP contribution is 2.48. The Bertz CT molecular complexity index is 1230. The Labute approximate surface area is 206 Å². The zero-order chi connectivity index (χ0) is 24.6. The molecule has 0 unspecified atom stereocenters. The average Bonchev–Trinajstić information content (AvgIpc) is 3.15.